The fourth-order valence-corrected chi connectivity index (χ4v) is 3.17. The predicted molar refractivity (Wildman–Crippen MR) is 85.4 cm³/mol. The van der Waals surface area contributed by atoms with Gasteiger partial charge in [0.05, 0.1) is 13.0 Å². The number of fused-ring (bicyclic) bond motifs is 1. The monoisotopic (exact) mass is 367 g/mol. The average Bonchev–Trinajstić information content (AvgIpc) is 3.01. The maximum Gasteiger partial charge on any atom is 0.321 e. The summed E-state index contributed by atoms with van der Waals surface area (Å²) < 4.78 is 20.2. The van der Waals surface area contributed by atoms with Crippen molar-refractivity contribution in [2.75, 3.05) is 7.11 Å². The molecule has 2 rings (SSSR count). The number of carbonyl (C=O) groups is 4. The number of halogens is 1. The molecule has 1 aromatic rings. The number of aldehydes is 2. The number of rotatable bonds is 9. The number of methoxy groups -OCH3 is 1. The Balaban J connectivity index is 2.49. The van der Waals surface area contributed by atoms with Crippen LogP contribution < -0.4 is 4.74 Å². The highest BCUT2D eigenvalue weighted by Gasteiger charge is 2.36. The van der Waals surface area contributed by atoms with Gasteiger partial charge in [-0.3, -0.25) is 14.5 Å². The first-order chi connectivity index (χ1) is 12.3. The molecule has 1 aliphatic rings. The van der Waals surface area contributed by atoms with Gasteiger partial charge >= 0.3 is 11.9 Å². The fourth-order valence-electron chi connectivity index (χ4n) is 3.17. The molecular formula is C17H18FNO7. The maximum absolute atomic E-state index is 15.1. The van der Waals surface area contributed by atoms with Crippen LogP contribution in [0.1, 0.15) is 35.4 Å². The minimum Gasteiger partial charge on any atom is -0.496 e. The van der Waals surface area contributed by atoms with Gasteiger partial charge < -0.3 is 24.5 Å². The van der Waals surface area contributed by atoms with Crippen molar-refractivity contribution < 1.29 is 38.5 Å². The van der Waals surface area contributed by atoms with Crippen molar-refractivity contribution in [3.63, 3.8) is 0 Å². The van der Waals surface area contributed by atoms with Crippen LogP contribution in [0.5, 0.6) is 5.75 Å². The lowest BCUT2D eigenvalue weighted by Crippen LogP contribution is -2.37. The van der Waals surface area contributed by atoms with Crippen LogP contribution in [0.25, 0.3) is 0 Å². The second kappa shape index (κ2) is 8.05. The SMILES string of the molecule is COc1cc2c(c(F)c1C(CC=O)C(=O)O)CN(C(CC=O)C(=O)O)C2. The molecule has 0 aromatic heterocycles. The van der Waals surface area contributed by atoms with Crippen molar-refractivity contribution in [2.24, 2.45) is 0 Å². The molecule has 9 heteroatoms. The number of nitrogens with zero attached hydrogens (tertiary/aromatic N) is 1. The summed E-state index contributed by atoms with van der Waals surface area (Å²) in [5, 5.41) is 18.6. The second-order valence-electron chi connectivity index (χ2n) is 5.90. The number of aliphatic carboxylic acids is 2. The van der Waals surface area contributed by atoms with E-state index in [1.54, 1.807) is 0 Å². The van der Waals surface area contributed by atoms with E-state index in [4.69, 9.17) is 4.74 Å². The molecule has 0 aliphatic carbocycles. The molecule has 0 saturated carbocycles. The number of carbonyl (C=O) groups excluding carboxylic acids is 2. The lowest BCUT2D eigenvalue weighted by Gasteiger charge is -2.21. The fraction of sp³-hybridized carbons (Fsp3) is 0.412. The first-order valence-electron chi connectivity index (χ1n) is 7.80. The molecule has 0 radical (unpaired) electrons. The molecular weight excluding hydrogens is 349 g/mol. The Kier molecular flexibility index (Phi) is 6.04. The largest absolute Gasteiger partial charge is 0.496 e. The van der Waals surface area contributed by atoms with Gasteiger partial charge in [0.25, 0.3) is 0 Å². The van der Waals surface area contributed by atoms with Crippen LogP contribution in [0.2, 0.25) is 0 Å². The van der Waals surface area contributed by atoms with Gasteiger partial charge in [-0.1, -0.05) is 0 Å². The summed E-state index contributed by atoms with van der Waals surface area (Å²) in [4.78, 5) is 45.7. The lowest BCUT2D eigenvalue weighted by molar-refractivity contribution is -0.144. The van der Waals surface area contributed by atoms with Crippen LogP contribution in [0.15, 0.2) is 6.07 Å². The molecule has 0 spiro atoms. The Labute approximate surface area is 148 Å². The van der Waals surface area contributed by atoms with E-state index in [1.807, 2.05) is 0 Å². The molecule has 1 heterocycles. The molecule has 1 aromatic carbocycles. The molecule has 0 bridgehead atoms. The average molecular weight is 367 g/mol. The van der Waals surface area contributed by atoms with E-state index in [2.05, 4.69) is 0 Å². The quantitative estimate of drug-likeness (QED) is 0.619. The zero-order valence-corrected chi connectivity index (χ0v) is 14.0. The van der Waals surface area contributed by atoms with Crippen molar-refractivity contribution in [3.05, 3.63) is 28.6 Å². The second-order valence-corrected chi connectivity index (χ2v) is 5.90. The summed E-state index contributed by atoms with van der Waals surface area (Å²) in [6.45, 7) is -0.00445. The Bertz CT molecular complexity index is 749. The molecule has 1 aliphatic heterocycles. The minimum absolute atomic E-state index is 0.0142. The van der Waals surface area contributed by atoms with Crippen molar-refractivity contribution in [1.29, 1.82) is 0 Å². The van der Waals surface area contributed by atoms with Crippen molar-refractivity contribution >= 4 is 24.5 Å². The third-order valence-corrected chi connectivity index (χ3v) is 4.44. The number of hydrogen-bond acceptors (Lipinski definition) is 6. The van der Waals surface area contributed by atoms with E-state index in [-0.39, 0.29) is 36.4 Å². The lowest BCUT2D eigenvalue weighted by atomic mass is 9.91. The summed E-state index contributed by atoms with van der Waals surface area (Å²) in [5.41, 5.74) is 0.362. The zero-order valence-electron chi connectivity index (χ0n) is 14.0. The topological polar surface area (TPSA) is 121 Å². The number of carboxylic acids is 2. The first kappa shape index (κ1) is 19.5. The van der Waals surface area contributed by atoms with Crippen molar-refractivity contribution in [2.45, 2.75) is 37.9 Å². The normalized spacial score (nSPS) is 15.8. The van der Waals surface area contributed by atoms with Gasteiger partial charge in [-0.2, -0.15) is 0 Å². The van der Waals surface area contributed by atoms with E-state index in [1.165, 1.54) is 18.1 Å². The minimum atomic E-state index is -1.41. The van der Waals surface area contributed by atoms with E-state index in [0.717, 1.165) is 0 Å². The van der Waals surface area contributed by atoms with Gasteiger partial charge in [0.1, 0.15) is 30.2 Å². The highest BCUT2D eigenvalue weighted by Crippen LogP contribution is 2.39. The van der Waals surface area contributed by atoms with Crippen LogP contribution in [-0.4, -0.2) is 52.8 Å². The van der Waals surface area contributed by atoms with Gasteiger partial charge in [-0.25, -0.2) is 4.39 Å². The molecule has 140 valence electrons. The molecule has 26 heavy (non-hydrogen) atoms. The Hall–Kier alpha value is -2.81. The standard InChI is InChI=1S/C17H18FNO7/c1-26-13-6-9-7-19(12(3-5-21)17(24)25)8-11(9)15(18)14(13)10(2-4-20)16(22)23/h4-6,10,12H,2-3,7-8H2,1H3,(H,22,23)(H,24,25). The summed E-state index contributed by atoms with van der Waals surface area (Å²) in [6.07, 6.45) is 0.197. The van der Waals surface area contributed by atoms with Gasteiger partial charge in [-0.05, 0) is 11.6 Å². The van der Waals surface area contributed by atoms with Crippen LogP contribution in [0.4, 0.5) is 4.39 Å². The van der Waals surface area contributed by atoms with Crippen LogP contribution in [0, 0.1) is 5.82 Å². The first-order valence-corrected chi connectivity index (χ1v) is 7.80. The van der Waals surface area contributed by atoms with Gasteiger partial charge in [0.15, 0.2) is 0 Å². The van der Waals surface area contributed by atoms with E-state index >= 15 is 4.39 Å². The Morgan fingerprint density at radius 2 is 1.88 bits per heavy atom. The molecule has 2 N–H and O–H groups in total. The molecule has 0 saturated heterocycles. The predicted octanol–water partition coefficient (Wildman–Crippen LogP) is 0.949. The van der Waals surface area contributed by atoms with E-state index in [9.17, 15) is 29.4 Å². The van der Waals surface area contributed by atoms with E-state index in [0.29, 0.717) is 18.1 Å². The molecule has 8 nitrogen and oxygen atoms in total. The van der Waals surface area contributed by atoms with Crippen molar-refractivity contribution in [1.82, 2.24) is 4.90 Å². The number of benzene rings is 1. The molecule has 0 amide bonds. The zero-order chi connectivity index (χ0) is 19.4. The summed E-state index contributed by atoms with van der Waals surface area (Å²) in [5.74, 6) is -4.83. The van der Waals surface area contributed by atoms with E-state index < -0.39 is 36.1 Å². The highest BCUT2D eigenvalue weighted by atomic mass is 19.1. The molecule has 2 atom stereocenters. The summed E-state index contributed by atoms with van der Waals surface area (Å²) in [7, 11) is 1.25. The smallest absolute Gasteiger partial charge is 0.321 e. The van der Waals surface area contributed by atoms with Gasteiger partial charge in [-0.15, -0.1) is 0 Å². The number of ether oxygens (including phenoxy) is 1. The third kappa shape index (κ3) is 3.57. The Morgan fingerprint density at radius 3 is 2.38 bits per heavy atom. The van der Waals surface area contributed by atoms with Crippen LogP contribution in [-0.2, 0) is 32.3 Å². The summed E-state index contributed by atoms with van der Waals surface area (Å²) in [6, 6.07) is 0.341. The van der Waals surface area contributed by atoms with Crippen LogP contribution in [0.3, 0.4) is 0 Å². The van der Waals surface area contributed by atoms with Crippen LogP contribution >= 0.6 is 0 Å². The maximum atomic E-state index is 15.1. The molecule has 2 unspecified atom stereocenters. The number of carboxylic acid groups (broad SMARTS) is 2. The number of hydrogen-bond donors (Lipinski definition) is 2. The third-order valence-electron chi connectivity index (χ3n) is 4.44. The van der Waals surface area contributed by atoms with Crippen molar-refractivity contribution in [3.8, 4) is 5.75 Å². The summed E-state index contributed by atoms with van der Waals surface area (Å²) >= 11 is 0. The van der Waals surface area contributed by atoms with Gasteiger partial charge in [0, 0.05) is 37.1 Å². The van der Waals surface area contributed by atoms with Gasteiger partial charge in [0.2, 0.25) is 0 Å². The highest BCUT2D eigenvalue weighted by molar-refractivity contribution is 5.81. The Morgan fingerprint density at radius 1 is 1.23 bits per heavy atom. The molecule has 0 fully saturated rings.